The first-order chi connectivity index (χ1) is 12.6. The van der Waals surface area contributed by atoms with Crippen LogP contribution in [0.2, 0.25) is 0 Å². The van der Waals surface area contributed by atoms with E-state index >= 15 is 0 Å². The van der Waals surface area contributed by atoms with E-state index in [-0.39, 0.29) is 23.1 Å². The number of hydrogen-bond acceptors (Lipinski definition) is 4. The molecule has 1 unspecified atom stereocenters. The number of likely N-dealkylation sites (tertiary alicyclic amines) is 1. The molecule has 0 aliphatic carbocycles. The van der Waals surface area contributed by atoms with Gasteiger partial charge in [-0.25, -0.2) is 0 Å². The third kappa shape index (κ3) is 3.70. The van der Waals surface area contributed by atoms with Crippen LogP contribution in [-0.2, 0) is 20.9 Å². The number of nitrogens with one attached hydrogen (secondary N) is 1. The molecule has 26 heavy (non-hydrogen) atoms. The Morgan fingerprint density at radius 2 is 2.04 bits per heavy atom. The van der Waals surface area contributed by atoms with Gasteiger partial charge in [-0.15, -0.1) is 0 Å². The Hall–Kier alpha value is -2.08. The first-order valence-corrected chi connectivity index (χ1v) is 9.35. The summed E-state index contributed by atoms with van der Waals surface area (Å²) < 4.78 is 10.9. The number of hydrogen-bond donors (Lipinski definition) is 1. The molecule has 1 atom stereocenters. The molecule has 2 heterocycles. The molecule has 142 valence electrons. The number of benzene rings is 1. The van der Waals surface area contributed by atoms with Crippen molar-refractivity contribution in [2.45, 2.75) is 32.7 Å². The summed E-state index contributed by atoms with van der Waals surface area (Å²) in [4.78, 5) is 27.1. The average molecular weight is 360 g/mol. The summed E-state index contributed by atoms with van der Waals surface area (Å²) in [6.07, 6.45) is 2.13. The van der Waals surface area contributed by atoms with Gasteiger partial charge in [0.25, 0.3) is 0 Å². The van der Waals surface area contributed by atoms with Gasteiger partial charge in [-0.2, -0.15) is 0 Å². The normalized spacial score (nSPS) is 21.6. The van der Waals surface area contributed by atoms with Crippen molar-refractivity contribution >= 4 is 11.8 Å². The summed E-state index contributed by atoms with van der Waals surface area (Å²) in [5, 5.41) is 3.07. The van der Waals surface area contributed by atoms with E-state index in [9.17, 15) is 9.59 Å². The number of amides is 2. The van der Waals surface area contributed by atoms with Crippen LogP contribution >= 0.6 is 0 Å². The van der Waals surface area contributed by atoms with Gasteiger partial charge in [0.15, 0.2) is 0 Å². The number of rotatable bonds is 5. The maximum absolute atomic E-state index is 13.0. The summed E-state index contributed by atoms with van der Waals surface area (Å²) in [7, 11) is 1.63. The Balaban J connectivity index is 1.72. The van der Waals surface area contributed by atoms with Crippen LogP contribution in [0.3, 0.4) is 0 Å². The lowest BCUT2D eigenvalue weighted by Gasteiger charge is -2.37. The van der Waals surface area contributed by atoms with E-state index in [0.29, 0.717) is 39.3 Å². The minimum absolute atomic E-state index is 0.0178. The highest BCUT2D eigenvalue weighted by molar-refractivity contribution is 5.83. The average Bonchev–Trinajstić information content (AvgIpc) is 3.04. The van der Waals surface area contributed by atoms with Gasteiger partial charge in [0.2, 0.25) is 11.8 Å². The number of ether oxygens (including phenoxy) is 2. The molecule has 1 aromatic carbocycles. The number of carbonyl (C=O) groups excluding carboxylic acids is 2. The van der Waals surface area contributed by atoms with Crippen molar-refractivity contribution < 1.29 is 19.1 Å². The summed E-state index contributed by atoms with van der Waals surface area (Å²) in [6, 6.07) is 7.68. The Labute approximate surface area is 154 Å². The molecular weight excluding hydrogens is 332 g/mol. The second kappa shape index (κ2) is 8.08. The fourth-order valence-corrected chi connectivity index (χ4v) is 4.18. The van der Waals surface area contributed by atoms with Crippen molar-refractivity contribution in [2.24, 2.45) is 11.3 Å². The van der Waals surface area contributed by atoms with E-state index < -0.39 is 0 Å². The second-order valence-corrected chi connectivity index (χ2v) is 7.18. The van der Waals surface area contributed by atoms with Crippen LogP contribution in [0, 0.1) is 11.3 Å². The molecule has 0 aromatic heterocycles. The fourth-order valence-electron chi connectivity index (χ4n) is 4.18. The molecule has 1 aromatic rings. The zero-order valence-electron chi connectivity index (χ0n) is 15.6. The van der Waals surface area contributed by atoms with Gasteiger partial charge in [-0.1, -0.05) is 25.1 Å². The third-order valence-electron chi connectivity index (χ3n) is 5.75. The highest BCUT2D eigenvalue weighted by atomic mass is 16.5. The van der Waals surface area contributed by atoms with Gasteiger partial charge >= 0.3 is 0 Å². The highest BCUT2D eigenvalue weighted by Crippen LogP contribution is 2.44. The Morgan fingerprint density at radius 1 is 1.31 bits per heavy atom. The van der Waals surface area contributed by atoms with Crippen molar-refractivity contribution in [3.63, 3.8) is 0 Å². The van der Waals surface area contributed by atoms with E-state index in [1.807, 2.05) is 36.1 Å². The van der Waals surface area contributed by atoms with Crippen molar-refractivity contribution in [1.82, 2.24) is 10.2 Å². The van der Waals surface area contributed by atoms with Crippen molar-refractivity contribution in [3.05, 3.63) is 29.8 Å². The lowest BCUT2D eigenvalue weighted by molar-refractivity contribution is -0.130. The molecule has 0 saturated carbocycles. The first kappa shape index (κ1) is 18.7. The zero-order valence-corrected chi connectivity index (χ0v) is 15.6. The lowest BCUT2D eigenvalue weighted by Crippen LogP contribution is -2.44. The van der Waals surface area contributed by atoms with E-state index in [2.05, 4.69) is 5.32 Å². The third-order valence-corrected chi connectivity index (χ3v) is 5.75. The maximum Gasteiger partial charge on any atom is 0.225 e. The van der Waals surface area contributed by atoms with Gasteiger partial charge in [0, 0.05) is 50.2 Å². The van der Waals surface area contributed by atoms with Crippen LogP contribution in [0.4, 0.5) is 0 Å². The first-order valence-electron chi connectivity index (χ1n) is 9.35. The molecular formula is C20H28N2O4. The topological polar surface area (TPSA) is 67.9 Å². The van der Waals surface area contributed by atoms with Crippen LogP contribution in [-0.4, -0.2) is 50.1 Å². The predicted molar refractivity (Wildman–Crippen MR) is 97.7 cm³/mol. The fraction of sp³-hybridized carbons (Fsp3) is 0.600. The van der Waals surface area contributed by atoms with E-state index in [4.69, 9.17) is 9.47 Å². The number of nitrogens with zero attached hydrogens (tertiary/aromatic N) is 1. The molecule has 6 nitrogen and oxygen atoms in total. The standard InChI is InChI=1S/C20H28N2O4/c1-3-18(23)22-13-16(20(14-22)8-10-26-11-9-20)19(24)21-12-15-6-4-5-7-17(15)25-2/h4-7,16H,3,8-14H2,1-2H3,(H,21,24). The molecule has 1 N–H and O–H groups in total. The Kier molecular flexibility index (Phi) is 5.81. The van der Waals surface area contributed by atoms with Gasteiger partial charge in [-0.3, -0.25) is 9.59 Å². The van der Waals surface area contributed by atoms with Gasteiger partial charge in [-0.05, 0) is 18.9 Å². The van der Waals surface area contributed by atoms with Gasteiger partial charge in [0.05, 0.1) is 13.0 Å². The van der Waals surface area contributed by atoms with E-state index in [0.717, 1.165) is 24.2 Å². The smallest absolute Gasteiger partial charge is 0.225 e. The summed E-state index contributed by atoms with van der Waals surface area (Å²) in [5.41, 5.74) is 0.789. The van der Waals surface area contributed by atoms with Crippen LogP contribution in [0.25, 0.3) is 0 Å². The highest BCUT2D eigenvalue weighted by Gasteiger charge is 2.51. The lowest BCUT2D eigenvalue weighted by atomic mass is 9.71. The largest absolute Gasteiger partial charge is 0.496 e. The van der Waals surface area contributed by atoms with E-state index in [1.165, 1.54) is 0 Å². The summed E-state index contributed by atoms with van der Waals surface area (Å²) in [6.45, 7) is 4.77. The predicted octanol–water partition coefficient (Wildman–Crippen LogP) is 1.98. The quantitative estimate of drug-likeness (QED) is 0.872. The molecule has 0 bridgehead atoms. The number of methoxy groups -OCH3 is 1. The zero-order chi connectivity index (χ0) is 18.6. The van der Waals surface area contributed by atoms with Crippen LogP contribution in [0.1, 0.15) is 31.7 Å². The number of carbonyl (C=O) groups is 2. The van der Waals surface area contributed by atoms with E-state index in [1.54, 1.807) is 7.11 Å². The van der Waals surface area contributed by atoms with Gasteiger partial charge in [0.1, 0.15) is 5.75 Å². The molecule has 0 radical (unpaired) electrons. The minimum atomic E-state index is -0.184. The molecule has 2 fully saturated rings. The Bertz CT molecular complexity index is 655. The van der Waals surface area contributed by atoms with Gasteiger partial charge < -0.3 is 19.7 Å². The number of para-hydroxylation sites is 1. The maximum atomic E-state index is 13.0. The molecule has 3 rings (SSSR count). The molecule has 6 heteroatoms. The monoisotopic (exact) mass is 360 g/mol. The van der Waals surface area contributed by atoms with Crippen molar-refractivity contribution in [3.8, 4) is 5.75 Å². The van der Waals surface area contributed by atoms with Crippen LogP contribution < -0.4 is 10.1 Å². The molecule has 2 aliphatic heterocycles. The SMILES string of the molecule is CCC(=O)N1CC(C(=O)NCc2ccccc2OC)C2(CCOCC2)C1. The molecule has 2 amide bonds. The Morgan fingerprint density at radius 3 is 2.73 bits per heavy atom. The minimum Gasteiger partial charge on any atom is -0.496 e. The van der Waals surface area contributed by atoms with Crippen LogP contribution in [0.15, 0.2) is 24.3 Å². The van der Waals surface area contributed by atoms with Crippen molar-refractivity contribution in [1.29, 1.82) is 0 Å². The summed E-state index contributed by atoms with van der Waals surface area (Å²) >= 11 is 0. The summed E-state index contributed by atoms with van der Waals surface area (Å²) in [5.74, 6) is 0.722. The molecule has 2 saturated heterocycles. The van der Waals surface area contributed by atoms with Crippen molar-refractivity contribution in [2.75, 3.05) is 33.4 Å². The van der Waals surface area contributed by atoms with Crippen LogP contribution in [0.5, 0.6) is 5.75 Å². The molecule has 1 spiro atoms. The second-order valence-electron chi connectivity index (χ2n) is 7.18. The molecule has 2 aliphatic rings.